The largest absolute Gasteiger partial charge is 0.376 e. The summed E-state index contributed by atoms with van der Waals surface area (Å²) in [5.74, 6) is 1.64. The number of rotatable bonds is 10. The summed E-state index contributed by atoms with van der Waals surface area (Å²) in [5.41, 5.74) is 1.25. The van der Waals surface area contributed by atoms with E-state index < -0.39 is 0 Å². The topological polar surface area (TPSA) is 43.3 Å². The molecule has 0 aromatic heterocycles. The van der Waals surface area contributed by atoms with E-state index >= 15 is 0 Å². The van der Waals surface area contributed by atoms with Gasteiger partial charge in [-0.2, -0.15) is 0 Å². The zero-order chi connectivity index (χ0) is 21.0. The van der Waals surface area contributed by atoms with Crippen LogP contribution in [0.4, 0.5) is 0 Å². The average Bonchev–Trinajstić information content (AvgIpc) is 3.26. The number of likely N-dealkylation sites (tertiary alicyclic amines) is 1. The number of piperazine rings is 1. The Morgan fingerprint density at radius 3 is 2.52 bits per heavy atom. The van der Waals surface area contributed by atoms with Crippen LogP contribution in [0.15, 0.2) is 35.3 Å². The van der Waals surface area contributed by atoms with Gasteiger partial charge in [-0.15, -0.1) is 24.0 Å². The maximum absolute atomic E-state index is 5.96. The van der Waals surface area contributed by atoms with Crippen molar-refractivity contribution >= 4 is 29.9 Å². The third-order valence-corrected chi connectivity index (χ3v) is 6.36. The summed E-state index contributed by atoms with van der Waals surface area (Å²) in [5, 5.41) is 3.58. The molecule has 7 heteroatoms. The Morgan fingerprint density at radius 2 is 1.81 bits per heavy atom. The standard InChI is InChI=1S/C24H41N5O.HI/c1-3-27-15-17-28(18-16-27)13-8-7-12-26-24(25-2)29-14-11-23(19-29)21-30-20-22-9-5-4-6-10-22;/h4-6,9-10,23H,3,7-8,11-21H2,1-2H3,(H,25,26);1H. The lowest BCUT2D eigenvalue weighted by Crippen LogP contribution is -2.46. The van der Waals surface area contributed by atoms with E-state index in [-0.39, 0.29) is 24.0 Å². The summed E-state index contributed by atoms with van der Waals surface area (Å²) in [6.07, 6.45) is 3.63. The highest BCUT2D eigenvalue weighted by molar-refractivity contribution is 14.0. The highest BCUT2D eigenvalue weighted by Crippen LogP contribution is 2.17. The van der Waals surface area contributed by atoms with Gasteiger partial charge in [-0.05, 0) is 37.9 Å². The quantitative estimate of drug-likeness (QED) is 0.213. The van der Waals surface area contributed by atoms with Gasteiger partial charge in [0, 0.05) is 58.8 Å². The first-order valence-corrected chi connectivity index (χ1v) is 11.8. The van der Waals surface area contributed by atoms with Gasteiger partial charge in [0.25, 0.3) is 0 Å². The molecule has 0 radical (unpaired) electrons. The van der Waals surface area contributed by atoms with E-state index in [4.69, 9.17) is 4.74 Å². The molecule has 2 heterocycles. The van der Waals surface area contributed by atoms with Crippen molar-refractivity contribution in [3.63, 3.8) is 0 Å². The van der Waals surface area contributed by atoms with Gasteiger partial charge in [0.2, 0.25) is 0 Å². The summed E-state index contributed by atoms with van der Waals surface area (Å²) >= 11 is 0. The highest BCUT2D eigenvalue weighted by Gasteiger charge is 2.24. The molecule has 0 bridgehead atoms. The minimum atomic E-state index is 0. The average molecular weight is 544 g/mol. The third-order valence-electron chi connectivity index (χ3n) is 6.36. The van der Waals surface area contributed by atoms with Gasteiger partial charge in [0.1, 0.15) is 0 Å². The molecule has 0 amide bonds. The SMILES string of the molecule is CCN1CCN(CCCCNC(=NC)N2CCC(COCc3ccccc3)C2)CC1.I. The van der Waals surface area contributed by atoms with Crippen molar-refractivity contribution in [3.8, 4) is 0 Å². The summed E-state index contributed by atoms with van der Waals surface area (Å²) in [6, 6.07) is 10.4. The fourth-order valence-corrected chi connectivity index (χ4v) is 4.40. The number of likely N-dealkylation sites (N-methyl/N-ethyl adjacent to an activating group) is 1. The van der Waals surface area contributed by atoms with Crippen LogP contribution in [0.2, 0.25) is 0 Å². The minimum Gasteiger partial charge on any atom is -0.376 e. The van der Waals surface area contributed by atoms with Crippen LogP contribution in [-0.2, 0) is 11.3 Å². The molecule has 1 aromatic carbocycles. The molecule has 3 rings (SSSR count). The van der Waals surface area contributed by atoms with Crippen molar-refractivity contribution < 1.29 is 4.74 Å². The number of nitrogens with one attached hydrogen (secondary N) is 1. The second-order valence-corrected chi connectivity index (χ2v) is 8.56. The summed E-state index contributed by atoms with van der Waals surface area (Å²) in [7, 11) is 1.90. The van der Waals surface area contributed by atoms with Gasteiger partial charge >= 0.3 is 0 Å². The number of unbranched alkanes of at least 4 members (excludes halogenated alkanes) is 1. The molecule has 1 atom stereocenters. The van der Waals surface area contributed by atoms with Crippen LogP contribution in [-0.4, -0.2) is 93.2 Å². The fourth-order valence-electron chi connectivity index (χ4n) is 4.40. The Bertz CT molecular complexity index is 622. The van der Waals surface area contributed by atoms with Gasteiger partial charge in [0.15, 0.2) is 5.96 Å². The fraction of sp³-hybridized carbons (Fsp3) is 0.708. The van der Waals surface area contributed by atoms with Crippen molar-refractivity contribution in [1.82, 2.24) is 20.0 Å². The van der Waals surface area contributed by atoms with Gasteiger partial charge < -0.3 is 24.8 Å². The lowest BCUT2D eigenvalue weighted by molar-refractivity contribution is 0.0906. The Morgan fingerprint density at radius 1 is 1.06 bits per heavy atom. The molecule has 2 saturated heterocycles. The molecule has 2 aliphatic rings. The van der Waals surface area contributed by atoms with Crippen molar-refractivity contribution in [1.29, 1.82) is 0 Å². The van der Waals surface area contributed by atoms with Gasteiger partial charge in [-0.25, -0.2) is 0 Å². The summed E-state index contributed by atoms with van der Waals surface area (Å²) in [4.78, 5) is 12.1. The Hall–Kier alpha value is -0.900. The van der Waals surface area contributed by atoms with Crippen molar-refractivity contribution in [2.24, 2.45) is 10.9 Å². The third kappa shape index (κ3) is 9.24. The second kappa shape index (κ2) is 15.0. The van der Waals surface area contributed by atoms with Gasteiger partial charge in [0.05, 0.1) is 13.2 Å². The maximum Gasteiger partial charge on any atom is 0.193 e. The van der Waals surface area contributed by atoms with Crippen molar-refractivity contribution in [2.75, 3.05) is 72.6 Å². The van der Waals surface area contributed by atoms with E-state index in [9.17, 15) is 0 Å². The number of benzene rings is 1. The molecule has 176 valence electrons. The molecule has 0 spiro atoms. The molecule has 0 aliphatic carbocycles. The zero-order valence-corrected chi connectivity index (χ0v) is 21.8. The van der Waals surface area contributed by atoms with Crippen LogP contribution in [0.5, 0.6) is 0 Å². The lowest BCUT2D eigenvalue weighted by atomic mass is 10.1. The molecule has 1 unspecified atom stereocenters. The highest BCUT2D eigenvalue weighted by atomic mass is 127. The van der Waals surface area contributed by atoms with Crippen LogP contribution in [0.25, 0.3) is 0 Å². The number of aliphatic imine (C=N–C) groups is 1. The van der Waals surface area contributed by atoms with E-state index in [1.165, 1.54) is 64.1 Å². The number of nitrogens with zero attached hydrogens (tertiary/aromatic N) is 4. The first kappa shape index (κ1) is 26.4. The predicted octanol–water partition coefficient (Wildman–Crippen LogP) is 3.14. The van der Waals surface area contributed by atoms with Gasteiger partial charge in [-0.1, -0.05) is 37.3 Å². The molecule has 2 aliphatic heterocycles. The van der Waals surface area contributed by atoms with E-state index in [1.807, 2.05) is 13.1 Å². The smallest absolute Gasteiger partial charge is 0.193 e. The number of ether oxygens (including phenoxy) is 1. The molecular weight excluding hydrogens is 501 g/mol. The Kier molecular flexibility index (Phi) is 12.8. The first-order chi connectivity index (χ1) is 14.8. The van der Waals surface area contributed by atoms with Crippen molar-refractivity contribution in [2.45, 2.75) is 32.8 Å². The van der Waals surface area contributed by atoms with Crippen LogP contribution in [0, 0.1) is 5.92 Å². The molecule has 0 saturated carbocycles. The number of hydrogen-bond acceptors (Lipinski definition) is 4. The minimum absolute atomic E-state index is 0. The lowest BCUT2D eigenvalue weighted by Gasteiger charge is -2.34. The van der Waals surface area contributed by atoms with Crippen LogP contribution >= 0.6 is 24.0 Å². The number of halogens is 1. The van der Waals surface area contributed by atoms with Crippen LogP contribution in [0.3, 0.4) is 0 Å². The second-order valence-electron chi connectivity index (χ2n) is 8.56. The molecule has 2 fully saturated rings. The predicted molar refractivity (Wildman–Crippen MR) is 140 cm³/mol. The summed E-state index contributed by atoms with van der Waals surface area (Å²) < 4.78 is 5.96. The normalized spacial score (nSPS) is 20.6. The molecule has 1 N–H and O–H groups in total. The Labute approximate surface area is 206 Å². The van der Waals surface area contributed by atoms with E-state index in [1.54, 1.807) is 0 Å². The van der Waals surface area contributed by atoms with Crippen LogP contribution in [0.1, 0.15) is 31.7 Å². The molecule has 31 heavy (non-hydrogen) atoms. The van der Waals surface area contributed by atoms with Crippen molar-refractivity contribution in [3.05, 3.63) is 35.9 Å². The molecule has 6 nitrogen and oxygen atoms in total. The number of guanidine groups is 1. The first-order valence-electron chi connectivity index (χ1n) is 11.8. The zero-order valence-electron chi connectivity index (χ0n) is 19.5. The van der Waals surface area contributed by atoms with Gasteiger partial charge in [-0.3, -0.25) is 4.99 Å². The molecule has 1 aromatic rings. The maximum atomic E-state index is 5.96. The summed E-state index contributed by atoms with van der Waals surface area (Å²) in [6.45, 7) is 14.2. The van der Waals surface area contributed by atoms with Crippen LogP contribution < -0.4 is 5.32 Å². The van der Waals surface area contributed by atoms with E-state index in [0.29, 0.717) is 12.5 Å². The monoisotopic (exact) mass is 543 g/mol. The Balaban J connectivity index is 0.00000341. The number of hydrogen-bond donors (Lipinski definition) is 1. The van der Waals surface area contributed by atoms with E-state index in [0.717, 1.165) is 32.2 Å². The molecular formula is C24H42IN5O. The van der Waals surface area contributed by atoms with E-state index in [2.05, 4.69) is 56.2 Å².